The Kier molecular flexibility index (Phi) is 6.97. The molecule has 0 radical (unpaired) electrons. The molecule has 3 rings (SSSR count). The van der Waals surface area contributed by atoms with E-state index in [-0.39, 0.29) is 17.9 Å². The topological polar surface area (TPSA) is 66.5 Å². The van der Waals surface area contributed by atoms with Gasteiger partial charge in [0.25, 0.3) is 0 Å². The van der Waals surface area contributed by atoms with Crippen LogP contribution in [0.25, 0.3) is 0 Å². The van der Waals surface area contributed by atoms with E-state index in [1.54, 1.807) is 29.3 Å². The predicted molar refractivity (Wildman–Crippen MR) is 111 cm³/mol. The minimum atomic E-state index is -3.45. The molecule has 146 valence electrons. The number of carbonyl (C=O) groups is 1. The third-order valence-electron chi connectivity index (χ3n) is 4.55. The number of amides is 1. The number of piperidine rings is 1. The Morgan fingerprint density at radius 2 is 1.93 bits per heavy atom. The van der Waals surface area contributed by atoms with Crippen LogP contribution in [0.2, 0.25) is 0 Å². The van der Waals surface area contributed by atoms with Crippen LogP contribution in [0.3, 0.4) is 0 Å². The first-order chi connectivity index (χ1) is 13.0. The van der Waals surface area contributed by atoms with Gasteiger partial charge in [0, 0.05) is 35.7 Å². The highest BCUT2D eigenvalue weighted by atomic mass is 32.2. The Bertz CT molecular complexity index is 830. The molecule has 1 atom stereocenters. The zero-order chi connectivity index (χ0) is 19.3. The van der Waals surface area contributed by atoms with Crippen molar-refractivity contribution in [2.75, 3.05) is 18.8 Å². The Morgan fingerprint density at radius 1 is 1.22 bits per heavy atom. The molecule has 1 aromatic carbocycles. The van der Waals surface area contributed by atoms with E-state index in [9.17, 15) is 13.2 Å². The molecule has 1 unspecified atom stereocenters. The van der Waals surface area contributed by atoms with Gasteiger partial charge in [0.2, 0.25) is 15.9 Å². The van der Waals surface area contributed by atoms with Crippen LogP contribution in [0.4, 0.5) is 0 Å². The van der Waals surface area contributed by atoms with Gasteiger partial charge in [-0.25, -0.2) is 13.1 Å². The number of thiophene rings is 1. The summed E-state index contributed by atoms with van der Waals surface area (Å²) < 4.78 is 27.8. The first kappa shape index (κ1) is 20.4. The van der Waals surface area contributed by atoms with Gasteiger partial charge in [0.1, 0.15) is 4.21 Å². The zero-order valence-corrected chi connectivity index (χ0v) is 17.7. The predicted octanol–water partition coefficient (Wildman–Crippen LogP) is 3.45. The molecular weight excluding hydrogens is 400 g/mol. The normalized spacial score (nSPS) is 17.0. The van der Waals surface area contributed by atoms with Crippen LogP contribution in [-0.4, -0.2) is 44.1 Å². The van der Waals surface area contributed by atoms with Crippen molar-refractivity contribution in [3.8, 4) is 0 Å². The molecule has 1 saturated heterocycles. The first-order valence-electron chi connectivity index (χ1n) is 8.98. The summed E-state index contributed by atoms with van der Waals surface area (Å²) in [5.74, 6) is 0.834. The lowest BCUT2D eigenvalue weighted by atomic mass is 10.0. The lowest BCUT2D eigenvalue weighted by Gasteiger charge is -2.33. The number of benzene rings is 1. The van der Waals surface area contributed by atoms with Crippen molar-refractivity contribution in [3.63, 3.8) is 0 Å². The van der Waals surface area contributed by atoms with Crippen LogP contribution in [-0.2, 0) is 14.8 Å². The zero-order valence-electron chi connectivity index (χ0n) is 15.2. The highest BCUT2D eigenvalue weighted by Gasteiger charge is 2.28. The number of hydrogen-bond donors (Lipinski definition) is 1. The van der Waals surface area contributed by atoms with Gasteiger partial charge < -0.3 is 4.90 Å². The molecule has 0 aliphatic carbocycles. The van der Waals surface area contributed by atoms with Gasteiger partial charge in [-0.15, -0.1) is 23.1 Å². The Labute approximate surface area is 169 Å². The monoisotopic (exact) mass is 424 g/mol. The Balaban J connectivity index is 1.46. The highest BCUT2D eigenvalue weighted by Crippen LogP contribution is 2.23. The molecule has 27 heavy (non-hydrogen) atoms. The molecule has 0 spiro atoms. The van der Waals surface area contributed by atoms with Gasteiger partial charge in [0.05, 0.1) is 0 Å². The van der Waals surface area contributed by atoms with Gasteiger partial charge in [-0.1, -0.05) is 31.2 Å². The Hall–Kier alpha value is -1.35. The summed E-state index contributed by atoms with van der Waals surface area (Å²) in [7, 11) is -3.45. The molecule has 8 heteroatoms. The number of nitrogens with zero attached hydrogens (tertiary/aromatic N) is 1. The summed E-state index contributed by atoms with van der Waals surface area (Å²) in [6, 6.07) is 13.3. The average molecular weight is 425 g/mol. The molecule has 1 amide bonds. The van der Waals surface area contributed by atoms with Crippen LogP contribution in [0.15, 0.2) is 56.9 Å². The van der Waals surface area contributed by atoms with E-state index in [0.717, 1.165) is 5.75 Å². The fourth-order valence-corrected chi connectivity index (χ4v) is 6.28. The van der Waals surface area contributed by atoms with Gasteiger partial charge >= 0.3 is 0 Å². The molecule has 2 aromatic rings. The molecule has 1 aromatic heterocycles. The van der Waals surface area contributed by atoms with E-state index < -0.39 is 10.0 Å². The molecule has 0 saturated carbocycles. The van der Waals surface area contributed by atoms with Crippen molar-refractivity contribution in [2.45, 2.75) is 34.9 Å². The van der Waals surface area contributed by atoms with Crippen molar-refractivity contribution < 1.29 is 13.2 Å². The lowest BCUT2D eigenvalue weighted by molar-refractivity contribution is -0.135. The second-order valence-corrected chi connectivity index (χ2v) is 10.7. The maximum Gasteiger partial charge on any atom is 0.250 e. The number of nitrogens with one attached hydrogen (secondary N) is 1. The number of thioether (sulfide) groups is 1. The fourth-order valence-electron chi connectivity index (χ4n) is 3.03. The first-order valence-corrected chi connectivity index (χ1v) is 12.3. The van der Waals surface area contributed by atoms with Crippen LogP contribution in [0.5, 0.6) is 0 Å². The van der Waals surface area contributed by atoms with Crippen LogP contribution in [0.1, 0.15) is 19.8 Å². The number of sulfonamides is 1. The molecule has 1 aliphatic heterocycles. The van der Waals surface area contributed by atoms with Crippen LogP contribution < -0.4 is 4.72 Å². The van der Waals surface area contributed by atoms with Crippen molar-refractivity contribution in [2.24, 2.45) is 5.92 Å². The number of carbonyl (C=O) groups excluding carboxylic acids is 1. The minimum absolute atomic E-state index is 0.0606. The summed E-state index contributed by atoms with van der Waals surface area (Å²) >= 11 is 2.90. The Morgan fingerprint density at radius 3 is 2.56 bits per heavy atom. The van der Waals surface area contributed by atoms with Crippen LogP contribution >= 0.6 is 23.1 Å². The van der Waals surface area contributed by atoms with Gasteiger partial charge in [-0.3, -0.25) is 4.79 Å². The molecule has 1 N–H and O–H groups in total. The fraction of sp³-hybridized carbons (Fsp3) is 0.421. The van der Waals surface area contributed by atoms with Crippen molar-refractivity contribution in [1.82, 2.24) is 9.62 Å². The van der Waals surface area contributed by atoms with Gasteiger partial charge in [-0.05, 0) is 36.4 Å². The number of likely N-dealkylation sites (tertiary alicyclic amines) is 1. The summed E-state index contributed by atoms with van der Waals surface area (Å²) in [6.45, 7) is 3.15. The van der Waals surface area contributed by atoms with E-state index in [2.05, 4.69) is 4.72 Å². The van der Waals surface area contributed by atoms with Crippen molar-refractivity contribution in [1.29, 1.82) is 0 Å². The second kappa shape index (κ2) is 9.23. The SMILES string of the molecule is CC(CSc1ccccc1)C(=O)N1CCC(NS(=O)(=O)c2cccs2)CC1. The van der Waals surface area contributed by atoms with Crippen LogP contribution in [0, 0.1) is 5.92 Å². The minimum Gasteiger partial charge on any atom is -0.342 e. The maximum absolute atomic E-state index is 12.7. The lowest BCUT2D eigenvalue weighted by Crippen LogP contribution is -2.47. The molecule has 5 nitrogen and oxygen atoms in total. The standard InChI is InChI=1S/C19H24N2O3S3/c1-15(14-26-17-6-3-2-4-7-17)19(22)21-11-9-16(10-12-21)20-27(23,24)18-8-5-13-25-18/h2-8,13,15-16,20H,9-12,14H2,1H3. The largest absolute Gasteiger partial charge is 0.342 e. The average Bonchev–Trinajstić information content (AvgIpc) is 3.22. The van der Waals surface area contributed by atoms with Crippen molar-refractivity contribution in [3.05, 3.63) is 47.8 Å². The van der Waals surface area contributed by atoms with Crippen molar-refractivity contribution >= 4 is 39.0 Å². The summed E-state index contributed by atoms with van der Waals surface area (Å²) in [4.78, 5) is 15.7. The van der Waals surface area contributed by atoms with E-state index >= 15 is 0 Å². The highest BCUT2D eigenvalue weighted by molar-refractivity contribution is 7.99. The quantitative estimate of drug-likeness (QED) is 0.692. The molecule has 1 aliphatic rings. The maximum atomic E-state index is 12.7. The van der Waals surface area contributed by atoms with E-state index in [0.29, 0.717) is 30.1 Å². The third-order valence-corrected chi connectivity index (χ3v) is 8.74. The van der Waals surface area contributed by atoms with E-state index in [1.165, 1.54) is 16.2 Å². The summed E-state index contributed by atoms with van der Waals surface area (Å²) in [5, 5.41) is 1.75. The molecule has 1 fully saturated rings. The second-order valence-electron chi connectivity index (χ2n) is 6.68. The molecular formula is C19H24N2O3S3. The smallest absolute Gasteiger partial charge is 0.250 e. The number of hydrogen-bond acceptors (Lipinski definition) is 5. The summed E-state index contributed by atoms with van der Waals surface area (Å²) in [6.07, 6.45) is 1.30. The van der Waals surface area contributed by atoms with E-state index in [4.69, 9.17) is 0 Å². The number of rotatable bonds is 7. The third kappa shape index (κ3) is 5.57. The molecule has 2 heterocycles. The summed E-state index contributed by atoms with van der Waals surface area (Å²) in [5.41, 5.74) is 0. The van der Waals surface area contributed by atoms with Gasteiger partial charge in [-0.2, -0.15) is 0 Å². The van der Waals surface area contributed by atoms with Gasteiger partial charge in [0.15, 0.2) is 0 Å². The van der Waals surface area contributed by atoms with E-state index in [1.807, 2.05) is 42.2 Å². The molecule has 0 bridgehead atoms.